The Balaban J connectivity index is 1.90. The third-order valence-electron chi connectivity index (χ3n) is 3.24. The molecular weight excluding hydrogens is 284 g/mol. The average molecular weight is 304 g/mol. The van der Waals surface area contributed by atoms with Crippen molar-refractivity contribution in [3.05, 3.63) is 36.2 Å². The summed E-state index contributed by atoms with van der Waals surface area (Å²) in [5, 5.41) is 9.63. The predicted octanol–water partition coefficient (Wildman–Crippen LogP) is 1.80. The molecule has 1 heterocycles. The van der Waals surface area contributed by atoms with E-state index in [0.29, 0.717) is 30.2 Å². The molecule has 0 fully saturated rings. The Kier molecular flexibility index (Phi) is 5.24. The van der Waals surface area contributed by atoms with Gasteiger partial charge in [-0.15, -0.1) is 0 Å². The quantitative estimate of drug-likeness (QED) is 0.853. The average Bonchev–Trinajstić information content (AvgIpc) is 2.92. The summed E-state index contributed by atoms with van der Waals surface area (Å²) in [7, 11) is 4.99. The van der Waals surface area contributed by atoms with Crippen LogP contribution < -0.4 is 20.1 Å². The molecule has 118 valence electrons. The lowest BCUT2D eigenvalue weighted by Crippen LogP contribution is -2.30. The van der Waals surface area contributed by atoms with Gasteiger partial charge in [0, 0.05) is 38.0 Å². The molecule has 2 rings (SSSR count). The maximum atomic E-state index is 12.0. The minimum absolute atomic E-state index is 0.297. The number of hydrogen-bond donors (Lipinski definition) is 2. The number of carbonyl (C=O) groups excluding carboxylic acids is 1. The summed E-state index contributed by atoms with van der Waals surface area (Å²) >= 11 is 0. The van der Waals surface area contributed by atoms with E-state index in [9.17, 15) is 4.79 Å². The number of carbonyl (C=O) groups is 1. The third-order valence-corrected chi connectivity index (χ3v) is 3.24. The van der Waals surface area contributed by atoms with Crippen LogP contribution in [0.1, 0.15) is 5.69 Å². The van der Waals surface area contributed by atoms with Crippen LogP contribution in [0.2, 0.25) is 0 Å². The predicted molar refractivity (Wildman–Crippen MR) is 83.5 cm³/mol. The van der Waals surface area contributed by atoms with E-state index >= 15 is 0 Å². The van der Waals surface area contributed by atoms with Crippen molar-refractivity contribution in [1.29, 1.82) is 0 Å². The number of hydrogen-bond acceptors (Lipinski definition) is 4. The van der Waals surface area contributed by atoms with Crippen LogP contribution in [0.15, 0.2) is 30.5 Å². The van der Waals surface area contributed by atoms with Crippen molar-refractivity contribution in [2.24, 2.45) is 7.05 Å². The molecule has 0 spiro atoms. The normalized spacial score (nSPS) is 10.1. The maximum Gasteiger partial charge on any atom is 0.319 e. The minimum atomic E-state index is -0.297. The van der Waals surface area contributed by atoms with Crippen LogP contribution in [0.25, 0.3) is 0 Å². The van der Waals surface area contributed by atoms with E-state index < -0.39 is 0 Å². The standard InChI is InChI=1S/C15H20N4O3/c1-19-11(7-9-17-19)6-8-16-15(20)18-13-10-12(21-2)4-5-14(13)22-3/h4-5,7,9-10H,6,8H2,1-3H3,(H2,16,18,20). The summed E-state index contributed by atoms with van der Waals surface area (Å²) in [5.41, 5.74) is 1.61. The van der Waals surface area contributed by atoms with E-state index in [1.807, 2.05) is 13.1 Å². The molecule has 2 aromatic rings. The van der Waals surface area contributed by atoms with Crippen molar-refractivity contribution in [1.82, 2.24) is 15.1 Å². The van der Waals surface area contributed by atoms with Crippen LogP contribution in [0.3, 0.4) is 0 Å². The van der Waals surface area contributed by atoms with Crippen LogP contribution in [0.5, 0.6) is 11.5 Å². The smallest absolute Gasteiger partial charge is 0.319 e. The maximum absolute atomic E-state index is 12.0. The van der Waals surface area contributed by atoms with Gasteiger partial charge in [-0.2, -0.15) is 5.10 Å². The number of aryl methyl sites for hydroxylation is 1. The van der Waals surface area contributed by atoms with E-state index in [2.05, 4.69) is 15.7 Å². The number of aromatic nitrogens is 2. The SMILES string of the molecule is COc1ccc(OC)c(NC(=O)NCCc2ccnn2C)c1. The number of amides is 2. The molecule has 0 saturated heterocycles. The molecule has 2 amide bonds. The van der Waals surface area contributed by atoms with Gasteiger partial charge in [0.1, 0.15) is 11.5 Å². The molecule has 0 atom stereocenters. The number of nitrogens with zero attached hydrogens (tertiary/aromatic N) is 2. The fourth-order valence-electron chi connectivity index (χ4n) is 2.03. The van der Waals surface area contributed by atoms with E-state index in [1.165, 1.54) is 0 Å². The second kappa shape index (κ2) is 7.35. The van der Waals surface area contributed by atoms with Crippen LogP contribution in [-0.2, 0) is 13.5 Å². The lowest BCUT2D eigenvalue weighted by Gasteiger charge is -2.12. The first-order valence-electron chi connectivity index (χ1n) is 6.88. The van der Waals surface area contributed by atoms with Crippen molar-refractivity contribution in [3.8, 4) is 11.5 Å². The second-order valence-electron chi connectivity index (χ2n) is 4.64. The fourth-order valence-corrected chi connectivity index (χ4v) is 2.03. The van der Waals surface area contributed by atoms with Crippen molar-refractivity contribution < 1.29 is 14.3 Å². The molecule has 0 bridgehead atoms. The monoisotopic (exact) mass is 304 g/mol. The Morgan fingerprint density at radius 3 is 2.73 bits per heavy atom. The highest BCUT2D eigenvalue weighted by molar-refractivity contribution is 5.91. The van der Waals surface area contributed by atoms with E-state index in [-0.39, 0.29) is 6.03 Å². The van der Waals surface area contributed by atoms with Crippen molar-refractivity contribution in [3.63, 3.8) is 0 Å². The summed E-state index contributed by atoms with van der Waals surface area (Å²) < 4.78 is 12.1. The molecule has 1 aromatic heterocycles. The summed E-state index contributed by atoms with van der Waals surface area (Å²) in [4.78, 5) is 12.0. The minimum Gasteiger partial charge on any atom is -0.497 e. The Bertz CT molecular complexity index is 639. The van der Waals surface area contributed by atoms with Crippen molar-refractivity contribution in [2.45, 2.75) is 6.42 Å². The Morgan fingerprint density at radius 2 is 2.09 bits per heavy atom. The van der Waals surface area contributed by atoms with Gasteiger partial charge in [0.25, 0.3) is 0 Å². The second-order valence-corrected chi connectivity index (χ2v) is 4.64. The molecule has 0 unspecified atom stereocenters. The van der Waals surface area contributed by atoms with Gasteiger partial charge in [-0.05, 0) is 18.2 Å². The molecule has 0 saturated carbocycles. The number of nitrogens with one attached hydrogen (secondary N) is 2. The number of anilines is 1. The zero-order valence-electron chi connectivity index (χ0n) is 12.9. The van der Waals surface area contributed by atoms with Crippen LogP contribution >= 0.6 is 0 Å². The lowest BCUT2D eigenvalue weighted by molar-refractivity contribution is 0.252. The highest BCUT2D eigenvalue weighted by Gasteiger charge is 2.09. The van der Waals surface area contributed by atoms with Gasteiger partial charge in [-0.25, -0.2) is 4.79 Å². The molecular formula is C15H20N4O3. The largest absolute Gasteiger partial charge is 0.497 e. The zero-order chi connectivity index (χ0) is 15.9. The first-order chi connectivity index (χ1) is 10.6. The fraction of sp³-hybridized carbons (Fsp3) is 0.333. The first kappa shape index (κ1) is 15.7. The molecule has 1 aromatic carbocycles. The number of methoxy groups -OCH3 is 2. The molecule has 0 aliphatic heterocycles. The molecule has 0 radical (unpaired) electrons. The van der Waals surface area contributed by atoms with Gasteiger partial charge in [0.2, 0.25) is 0 Å². The van der Waals surface area contributed by atoms with Crippen LogP contribution in [-0.4, -0.2) is 36.6 Å². The number of benzene rings is 1. The number of rotatable bonds is 6. The van der Waals surface area contributed by atoms with Crippen LogP contribution in [0.4, 0.5) is 10.5 Å². The molecule has 0 aliphatic carbocycles. The zero-order valence-corrected chi connectivity index (χ0v) is 12.9. The molecule has 7 heteroatoms. The molecule has 7 nitrogen and oxygen atoms in total. The Hall–Kier alpha value is -2.70. The Morgan fingerprint density at radius 1 is 1.27 bits per heavy atom. The van der Waals surface area contributed by atoms with Gasteiger partial charge in [0.05, 0.1) is 19.9 Å². The topological polar surface area (TPSA) is 77.4 Å². The lowest BCUT2D eigenvalue weighted by atomic mass is 10.2. The highest BCUT2D eigenvalue weighted by atomic mass is 16.5. The summed E-state index contributed by atoms with van der Waals surface area (Å²) in [6, 6.07) is 6.84. The molecule has 2 N–H and O–H groups in total. The van der Waals surface area contributed by atoms with Gasteiger partial charge in [-0.3, -0.25) is 4.68 Å². The van der Waals surface area contributed by atoms with E-state index in [1.54, 1.807) is 43.3 Å². The third kappa shape index (κ3) is 3.91. The molecule has 0 aliphatic rings. The summed E-state index contributed by atoms with van der Waals surface area (Å²) in [6.45, 7) is 0.512. The van der Waals surface area contributed by atoms with Gasteiger partial charge >= 0.3 is 6.03 Å². The van der Waals surface area contributed by atoms with E-state index in [4.69, 9.17) is 9.47 Å². The first-order valence-corrected chi connectivity index (χ1v) is 6.88. The summed E-state index contributed by atoms with van der Waals surface area (Å²) in [5.74, 6) is 1.22. The van der Waals surface area contributed by atoms with Gasteiger partial charge in [0.15, 0.2) is 0 Å². The van der Waals surface area contributed by atoms with Crippen LogP contribution in [0, 0.1) is 0 Å². The number of ether oxygens (including phenoxy) is 2. The van der Waals surface area contributed by atoms with Crippen molar-refractivity contribution in [2.75, 3.05) is 26.1 Å². The Labute approximate surface area is 129 Å². The van der Waals surface area contributed by atoms with E-state index in [0.717, 1.165) is 5.69 Å². The van der Waals surface area contributed by atoms with Gasteiger partial charge < -0.3 is 20.1 Å². The number of urea groups is 1. The highest BCUT2D eigenvalue weighted by Crippen LogP contribution is 2.28. The van der Waals surface area contributed by atoms with Crippen molar-refractivity contribution >= 4 is 11.7 Å². The van der Waals surface area contributed by atoms with Gasteiger partial charge in [-0.1, -0.05) is 0 Å². The molecule has 22 heavy (non-hydrogen) atoms. The summed E-state index contributed by atoms with van der Waals surface area (Å²) in [6.07, 6.45) is 2.44.